The van der Waals surface area contributed by atoms with E-state index in [0.717, 1.165) is 37.2 Å². The zero-order valence-corrected chi connectivity index (χ0v) is 11.3. The molecule has 1 N–H and O–H groups in total. The SMILES string of the molecule is CCCCC(=O)NCCCc1nnc2ccccn12. The summed E-state index contributed by atoms with van der Waals surface area (Å²) in [5.41, 5.74) is 0.865. The number of pyridine rings is 1. The highest BCUT2D eigenvalue weighted by molar-refractivity contribution is 5.75. The summed E-state index contributed by atoms with van der Waals surface area (Å²) in [5, 5.41) is 11.2. The van der Waals surface area contributed by atoms with E-state index < -0.39 is 0 Å². The Morgan fingerprint density at radius 3 is 3.05 bits per heavy atom. The Kier molecular flexibility index (Phi) is 4.89. The van der Waals surface area contributed by atoms with Crippen molar-refractivity contribution in [2.75, 3.05) is 6.54 Å². The lowest BCUT2D eigenvalue weighted by Crippen LogP contribution is -2.24. The van der Waals surface area contributed by atoms with Gasteiger partial charge >= 0.3 is 0 Å². The quantitative estimate of drug-likeness (QED) is 0.774. The number of hydrogen-bond acceptors (Lipinski definition) is 3. The van der Waals surface area contributed by atoms with Crippen LogP contribution in [0.4, 0.5) is 0 Å². The number of carbonyl (C=O) groups excluding carboxylic acids is 1. The molecule has 0 fully saturated rings. The van der Waals surface area contributed by atoms with Gasteiger partial charge in [0.2, 0.25) is 5.91 Å². The minimum atomic E-state index is 0.146. The zero-order chi connectivity index (χ0) is 13.5. The first-order valence-electron chi connectivity index (χ1n) is 6.86. The van der Waals surface area contributed by atoms with E-state index in [0.29, 0.717) is 13.0 Å². The lowest BCUT2D eigenvalue weighted by atomic mass is 10.2. The molecule has 2 heterocycles. The van der Waals surface area contributed by atoms with Gasteiger partial charge in [0.25, 0.3) is 0 Å². The molecule has 0 aliphatic heterocycles. The van der Waals surface area contributed by atoms with Crippen molar-refractivity contribution in [2.24, 2.45) is 0 Å². The molecule has 2 rings (SSSR count). The molecule has 0 saturated heterocycles. The Labute approximate surface area is 113 Å². The summed E-state index contributed by atoms with van der Waals surface area (Å²) in [5.74, 6) is 1.09. The van der Waals surface area contributed by atoms with Gasteiger partial charge in [0.05, 0.1) is 0 Å². The van der Waals surface area contributed by atoms with Crippen molar-refractivity contribution in [2.45, 2.75) is 39.0 Å². The highest BCUT2D eigenvalue weighted by Crippen LogP contribution is 2.04. The first-order valence-corrected chi connectivity index (χ1v) is 6.86. The van der Waals surface area contributed by atoms with Gasteiger partial charge in [-0.15, -0.1) is 10.2 Å². The molecule has 5 nitrogen and oxygen atoms in total. The van der Waals surface area contributed by atoms with E-state index in [1.807, 2.05) is 28.8 Å². The number of carbonyl (C=O) groups is 1. The van der Waals surface area contributed by atoms with Gasteiger partial charge in [0, 0.05) is 25.6 Å². The fourth-order valence-electron chi connectivity index (χ4n) is 1.96. The van der Waals surface area contributed by atoms with E-state index in [1.54, 1.807) is 0 Å². The van der Waals surface area contributed by atoms with Crippen molar-refractivity contribution in [1.29, 1.82) is 0 Å². The lowest BCUT2D eigenvalue weighted by molar-refractivity contribution is -0.121. The summed E-state index contributed by atoms with van der Waals surface area (Å²) in [4.78, 5) is 11.4. The van der Waals surface area contributed by atoms with Crippen LogP contribution >= 0.6 is 0 Å². The summed E-state index contributed by atoms with van der Waals surface area (Å²) in [7, 11) is 0. The minimum absolute atomic E-state index is 0.146. The van der Waals surface area contributed by atoms with E-state index in [4.69, 9.17) is 0 Å². The summed E-state index contributed by atoms with van der Waals surface area (Å²) in [6, 6.07) is 5.84. The van der Waals surface area contributed by atoms with Gasteiger partial charge in [-0.3, -0.25) is 9.20 Å². The number of hydrogen-bond donors (Lipinski definition) is 1. The maximum absolute atomic E-state index is 11.4. The molecule has 2 aromatic heterocycles. The summed E-state index contributed by atoms with van der Waals surface area (Å²) < 4.78 is 1.99. The number of amides is 1. The second-order valence-electron chi connectivity index (χ2n) is 4.60. The van der Waals surface area contributed by atoms with Gasteiger partial charge in [0.1, 0.15) is 5.82 Å². The Balaban J connectivity index is 1.75. The van der Waals surface area contributed by atoms with Crippen LogP contribution in [0.3, 0.4) is 0 Å². The van der Waals surface area contributed by atoms with Crippen molar-refractivity contribution in [3.8, 4) is 0 Å². The van der Waals surface area contributed by atoms with Crippen LogP contribution in [0, 0.1) is 0 Å². The Morgan fingerprint density at radius 1 is 1.32 bits per heavy atom. The third-order valence-electron chi connectivity index (χ3n) is 3.04. The molecule has 0 spiro atoms. The maximum atomic E-state index is 11.4. The van der Waals surface area contributed by atoms with Gasteiger partial charge in [-0.25, -0.2) is 0 Å². The van der Waals surface area contributed by atoms with Crippen LogP contribution in [-0.2, 0) is 11.2 Å². The number of nitrogens with zero attached hydrogens (tertiary/aromatic N) is 3. The van der Waals surface area contributed by atoms with E-state index in [1.165, 1.54) is 0 Å². The minimum Gasteiger partial charge on any atom is -0.356 e. The molecule has 0 atom stereocenters. The Hall–Kier alpha value is -1.91. The van der Waals surface area contributed by atoms with E-state index in [-0.39, 0.29) is 5.91 Å². The number of nitrogens with one attached hydrogen (secondary N) is 1. The maximum Gasteiger partial charge on any atom is 0.219 e. The molecule has 5 heteroatoms. The van der Waals surface area contributed by atoms with Crippen LogP contribution in [0.5, 0.6) is 0 Å². The zero-order valence-electron chi connectivity index (χ0n) is 11.3. The van der Waals surface area contributed by atoms with E-state index in [9.17, 15) is 4.79 Å². The molecule has 0 aliphatic carbocycles. The highest BCUT2D eigenvalue weighted by atomic mass is 16.1. The number of rotatable bonds is 7. The first-order chi connectivity index (χ1) is 9.31. The lowest BCUT2D eigenvalue weighted by Gasteiger charge is -2.04. The molecular formula is C14H20N4O. The number of aryl methyl sites for hydroxylation is 1. The predicted octanol–water partition coefficient (Wildman–Crippen LogP) is 1.97. The largest absolute Gasteiger partial charge is 0.356 e. The fraction of sp³-hybridized carbons (Fsp3) is 0.500. The van der Waals surface area contributed by atoms with Gasteiger partial charge in [0.15, 0.2) is 5.65 Å². The third-order valence-corrected chi connectivity index (χ3v) is 3.04. The molecule has 0 radical (unpaired) electrons. The first kappa shape index (κ1) is 13.5. The second-order valence-corrected chi connectivity index (χ2v) is 4.60. The van der Waals surface area contributed by atoms with Crippen LogP contribution in [0.25, 0.3) is 5.65 Å². The van der Waals surface area contributed by atoms with E-state index in [2.05, 4.69) is 22.4 Å². The standard InChI is InChI=1S/C14H20N4O/c1-2-3-9-14(19)15-10-6-8-13-17-16-12-7-4-5-11-18(12)13/h4-5,7,11H,2-3,6,8-10H2,1H3,(H,15,19). The van der Waals surface area contributed by atoms with Crippen LogP contribution in [0.2, 0.25) is 0 Å². The van der Waals surface area contributed by atoms with Gasteiger partial charge in [-0.1, -0.05) is 19.4 Å². The molecule has 19 heavy (non-hydrogen) atoms. The summed E-state index contributed by atoms with van der Waals surface area (Å²) >= 11 is 0. The molecule has 0 aromatic carbocycles. The highest BCUT2D eigenvalue weighted by Gasteiger charge is 2.04. The van der Waals surface area contributed by atoms with Gasteiger partial charge in [-0.2, -0.15) is 0 Å². The van der Waals surface area contributed by atoms with Crippen molar-refractivity contribution in [1.82, 2.24) is 19.9 Å². The molecular weight excluding hydrogens is 240 g/mol. The molecule has 0 unspecified atom stereocenters. The van der Waals surface area contributed by atoms with Crippen LogP contribution in [0.15, 0.2) is 24.4 Å². The van der Waals surface area contributed by atoms with Crippen molar-refractivity contribution < 1.29 is 4.79 Å². The Bertz CT molecular complexity index is 535. The smallest absolute Gasteiger partial charge is 0.219 e. The predicted molar refractivity (Wildman–Crippen MR) is 73.8 cm³/mol. The van der Waals surface area contributed by atoms with Gasteiger partial charge in [-0.05, 0) is 25.0 Å². The topological polar surface area (TPSA) is 59.3 Å². The average Bonchev–Trinajstić information content (AvgIpc) is 2.85. The molecule has 2 aromatic rings. The van der Waals surface area contributed by atoms with Crippen LogP contribution in [0.1, 0.15) is 38.4 Å². The number of aromatic nitrogens is 3. The van der Waals surface area contributed by atoms with Crippen molar-refractivity contribution >= 4 is 11.6 Å². The molecule has 0 saturated carbocycles. The summed E-state index contributed by atoms with van der Waals surface area (Å²) in [6.45, 7) is 2.79. The van der Waals surface area contributed by atoms with Crippen molar-refractivity contribution in [3.63, 3.8) is 0 Å². The number of fused-ring (bicyclic) bond motifs is 1. The molecule has 0 aliphatic rings. The monoisotopic (exact) mass is 260 g/mol. The molecule has 0 bridgehead atoms. The molecule has 1 amide bonds. The summed E-state index contributed by atoms with van der Waals surface area (Å²) in [6.07, 6.45) is 6.31. The average molecular weight is 260 g/mol. The van der Waals surface area contributed by atoms with Crippen molar-refractivity contribution in [3.05, 3.63) is 30.2 Å². The van der Waals surface area contributed by atoms with Crippen LogP contribution in [-0.4, -0.2) is 27.0 Å². The number of unbranched alkanes of at least 4 members (excludes halogenated alkanes) is 1. The third kappa shape index (κ3) is 3.77. The van der Waals surface area contributed by atoms with Crippen LogP contribution < -0.4 is 5.32 Å². The van der Waals surface area contributed by atoms with E-state index >= 15 is 0 Å². The van der Waals surface area contributed by atoms with Gasteiger partial charge < -0.3 is 5.32 Å². The Morgan fingerprint density at radius 2 is 2.21 bits per heavy atom. The molecule has 102 valence electrons. The fourth-order valence-corrected chi connectivity index (χ4v) is 1.96. The second kappa shape index (κ2) is 6.87. The normalized spacial score (nSPS) is 10.8.